The molecule has 0 spiro atoms. The maximum atomic E-state index is 11.9. The molecule has 2 N–H and O–H groups in total. The first-order chi connectivity index (χ1) is 6.85. The van der Waals surface area contributed by atoms with Crippen LogP contribution in [0.3, 0.4) is 0 Å². The summed E-state index contributed by atoms with van der Waals surface area (Å²) >= 11 is 0. The maximum Gasteiger partial charge on any atom is 0.391 e. The third kappa shape index (κ3) is 9.09. The first kappa shape index (κ1) is 13.8. The van der Waals surface area contributed by atoms with E-state index in [-0.39, 0.29) is 13.1 Å². The molecule has 3 nitrogen and oxygen atoms in total. The molecule has 0 aliphatic carbocycles. The van der Waals surface area contributed by atoms with Gasteiger partial charge in [-0.2, -0.15) is 13.2 Å². The first-order valence-corrected chi connectivity index (χ1v) is 4.35. The summed E-state index contributed by atoms with van der Waals surface area (Å²) in [6.45, 7) is 1.43. The van der Waals surface area contributed by atoms with Crippen LogP contribution in [0.15, 0.2) is 0 Å². The molecule has 0 aliphatic rings. The first-order valence-electron chi connectivity index (χ1n) is 4.35. The van der Waals surface area contributed by atoms with Crippen LogP contribution in [-0.2, 0) is 4.79 Å². The summed E-state index contributed by atoms with van der Waals surface area (Å²) in [5.41, 5.74) is 0. The van der Waals surface area contributed by atoms with Gasteiger partial charge >= 0.3 is 6.18 Å². The predicted octanol–water partition coefficient (Wildman–Crippen LogP) is 0.666. The Balaban J connectivity index is 3.73. The summed E-state index contributed by atoms with van der Waals surface area (Å²) in [6, 6.07) is -0.926. The fourth-order valence-corrected chi connectivity index (χ4v) is 0.972. The van der Waals surface area contributed by atoms with Gasteiger partial charge < -0.3 is 5.32 Å². The molecular formula is C9H13F3N2O. The van der Waals surface area contributed by atoms with Crippen LogP contribution in [0.5, 0.6) is 0 Å². The molecule has 0 aromatic heterocycles. The van der Waals surface area contributed by atoms with E-state index in [1.165, 1.54) is 6.92 Å². The predicted molar refractivity (Wildman–Crippen MR) is 50.0 cm³/mol. The minimum atomic E-state index is -4.26. The smallest absolute Gasteiger partial charge is 0.352 e. The minimum Gasteiger partial charge on any atom is -0.352 e. The molecule has 0 aliphatic heterocycles. The maximum absolute atomic E-state index is 11.9. The number of carbonyl (C=O) groups excluding carboxylic acids is 1. The average molecular weight is 222 g/mol. The van der Waals surface area contributed by atoms with Crippen molar-refractivity contribution in [3.05, 3.63) is 0 Å². The van der Waals surface area contributed by atoms with E-state index >= 15 is 0 Å². The van der Waals surface area contributed by atoms with Crippen LogP contribution in [0.1, 0.15) is 13.3 Å². The van der Waals surface area contributed by atoms with Crippen molar-refractivity contribution in [2.24, 2.45) is 0 Å². The van der Waals surface area contributed by atoms with Gasteiger partial charge in [0.2, 0.25) is 5.91 Å². The van der Waals surface area contributed by atoms with Crippen LogP contribution in [0.25, 0.3) is 0 Å². The standard InChI is InChI=1S/C9H13F3N2O/c1-3-4-13-6-8(15)14-7(2)5-9(10,11)12/h1,7,13H,4-6H2,2H3,(H,14,15). The van der Waals surface area contributed by atoms with Gasteiger partial charge in [-0.1, -0.05) is 5.92 Å². The Labute approximate surface area is 86.4 Å². The van der Waals surface area contributed by atoms with Crippen LogP contribution in [0.4, 0.5) is 13.2 Å². The van der Waals surface area contributed by atoms with Gasteiger partial charge in [0, 0.05) is 6.04 Å². The summed E-state index contributed by atoms with van der Waals surface area (Å²) in [6.07, 6.45) is -0.393. The number of nitrogens with one attached hydrogen (secondary N) is 2. The van der Waals surface area contributed by atoms with Crippen molar-refractivity contribution < 1.29 is 18.0 Å². The number of carbonyl (C=O) groups is 1. The highest BCUT2D eigenvalue weighted by Gasteiger charge is 2.30. The Morgan fingerprint density at radius 2 is 2.13 bits per heavy atom. The molecule has 1 unspecified atom stereocenters. The van der Waals surface area contributed by atoms with Gasteiger partial charge in [-0.05, 0) is 6.92 Å². The van der Waals surface area contributed by atoms with Crippen LogP contribution in [0.2, 0.25) is 0 Å². The topological polar surface area (TPSA) is 41.1 Å². The van der Waals surface area contributed by atoms with Crippen LogP contribution >= 0.6 is 0 Å². The molecule has 0 bridgehead atoms. The van der Waals surface area contributed by atoms with Crippen molar-refractivity contribution in [3.8, 4) is 12.3 Å². The van der Waals surface area contributed by atoms with E-state index in [1.54, 1.807) is 0 Å². The zero-order valence-electron chi connectivity index (χ0n) is 8.32. The summed E-state index contributed by atoms with van der Waals surface area (Å²) in [4.78, 5) is 11.0. The zero-order chi connectivity index (χ0) is 11.9. The summed E-state index contributed by atoms with van der Waals surface area (Å²) in [5.74, 6) is 1.75. The van der Waals surface area contributed by atoms with E-state index in [1.807, 2.05) is 0 Å². The molecule has 0 fully saturated rings. The lowest BCUT2D eigenvalue weighted by Gasteiger charge is -2.15. The zero-order valence-corrected chi connectivity index (χ0v) is 8.32. The van der Waals surface area contributed by atoms with Gasteiger partial charge in [-0.25, -0.2) is 0 Å². The van der Waals surface area contributed by atoms with Crippen LogP contribution < -0.4 is 10.6 Å². The van der Waals surface area contributed by atoms with Crippen molar-refractivity contribution in [1.82, 2.24) is 10.6 Å². The summed E-state index contributed by atoms with van der Waals surface area (Å²) < 4.78 is 35.6. The quantitative estimate of drug-likeness (QED) is 0.530. The number of halogens is 3. The number of amides is 1. The second-order valence-corrected chi connectivity index (χ2v) is 3.10. The number of terminal acetylenes is 1. The van der Waals surface area contributed by atoms with Gasteiger partial charge in [0.05, 0.1) is 19.5 Å². The molecule has 6 heteroatoms. The minimum absolute atomic E-state index is 0.0770. The molecule has 1 amide bonds. The van der Waals surface area contributed by atoms with Gasteiger partial charge in [0.1, 0.15) is 0 Å². The van der Waals surface area contributed by atoms with Crippen molar-refractivity contribution in [1.29, 1.82) is 0 Å². The second kappa shape index (κ2) is 6.30. The Kier molecular flexibility index (Phi) is 5.79. The fourth-order valence-electron chi connectivity index (χ4n) is 0.972. The van der Waals surface area contributed by atoms with Gasteiger partial charge in [-0.15, -0.1) is 6.42 Å². The highest BCUT2D eigenvalue weighted by Crippen LogP contribution is 2.21. The number of alkyl halides is 3. The molecule has 0 heterocycles. The van der Waals surface area contributed by atoms with E-state index in [0.29, 0.717) is 0 Å². The van der Waals surface area contributed by atoms with Crippen molar-refractivity contribution in [2.45, 2.75) is 25.6 Å². The van der Waals surface area contributed by atoms with E-state index in [4.69, 9.17) is 6.42 Å². The lowest BCUT2D eigenvalue weighted by atomic mass is 10.2. The van der Waals surface area contributed by atoms with Gasteiger partial charge in [0.25, 0.3) is 0 Å². The van der Waals surface area contributed by atoms with Crippen molar-refractivity contribution in [3.63, 3.8) is 0 Å². The number of rotatable bonds is 5. The summed E-state index contributed by atoms with van der Waals surface area (Å²) in [7, 11) is 0. The van der Waals surface area contributed by atoms with E-state index in [9.17, 15) is 18.0 Å². The molecule has 0 saturated heterocycles. The van der Waals surface area contributed by atoms with Gasteiger partial charge in [0.15, 0.2) is 0 Å². The van der Waals surface area contributed by atoms with Crippen LogP contribution in [0, 0.1) is 12.3 Å². The molecule has 1 atom stereocenters. The Bertz CT molecular complexity index is 245. The number of hydrogen-bond donors (Lipinski definition) is 2. The lowest BCUT2D eigenvalue weighted by molar-refractivity contribution is -0.141. The number of hydrogen-bond acceptors (Lipinski definition) is 2. The van der Waals surface area contributed by atoms with Crippen molar-refractivity contribution in [2.75, 3.05) is 13.1 Å². The molecule has 0 saturated carbocycles. The average Bonchev–Trinajstić information content (AvgIpc) is 2.00. The largest absolute Gasteiger partial charge is 0.391 e. The molecule has 0 aromatic rings. The van der Waals surface area contributed by atoms with Crippen molar-refractivity contribution >= 4 is 5.91 Å². The van der Waals surface area contributed by atoms with E-state index in [2.05, 4.69) is 16.6 Å². The highest BCUT2D eigenvalue weighted by molar-refractivity contribution is 5.78. The Morgan fingerprint density at radius 1 is 1.53 bits per heavy atom. The molecule has 0 aromatic carbocycles. The second-order valence-electron chi connectivity index (χ2n) is 3.10. The Hall–Kier alpha value is -1.22. The SMILES string of the molecule is C#CCNCC(=O)NC(C)CC(F)(F)F. The monoisotopic (exact) mass is 222 g/mol. The summed E-state index contributed by atoms with van der Waals surface area (Å²) in [5, 5.41) is 4.78. The molecule has 0 radical (unpaired) electrons. The molecule has 86 valence electrons. The molecule has 0 rings (SSSR count). The third-order valence-corrected chi connectivity index (χ3v) is 1.46. The van der Waals surface area contributed by atoms with E-state index < -0.39 is 24.5 Å². The normalized spacial score (nSPS) is 13.0. The molecular weight excluding hydrogens is 209 g/mol. The highest BCUT2D eigenvalue weighted by atomic mass is 19.4. The van der Waals surface area contributed by atoms with Crippen LogP contribution in [-0.4, -0.2) is 31.2 Å². The van der Waals surface area contributed by atoms with E-state index in [0.717, 1.165) is 0 Å². The van der Waals surface area contributed by atoms with Gasteiger partial charge in [-0.3, -0.25) is 10.1 Å². The molecule has 15 heavy (non-hydrogen) atoms. The fraction of sp³-hybridized carbons (Fsp3) is 0.667. The lowest BCUT2D eigenvalue weighted by Crippen LogP contribution is -2.41. The third-order valence-electron chi connectivity index (χ3n) is 1.46. The Morgan fingerprint density at radius 3 is 2.60 bits per heavy atom.